The second kappa shape index (κ2) is 12.6. The number of rotatable bonds is 4. The highest BCUT2D eigenvalue weighted by Crippen LogP contribution is 2.69. The zero-order chi connectivity index (χ0) is 40.0. The Bertz CT molecular complexity index is 2430. The van der Waals surface area contributed by atoms with Crippen LogP contribution < -0.4 is 4.90 Å². The van der Waals surface area contributed by atoms with Crippen LogP contribution in [0.1, 0.15) is 147 Å². The minimum Gasteiger partial charge on any atom is -0.310 e. The van der Waals surface area contributed by atoms with Gasteiger partial charge in [-0.15, -0.1) is 0 Å². The Balaban J connectivity index is 1.07. The Morgan fingerprint density at radius 1 is 0.414 bits per heavy atom. The van der Waals surface area contributed by atoms with Crippen LogP contribution in [-0.4, -0.2) is 0 Å². The molecule has 12 rings (SSSR count). The second-order valence-electron chi connectivity index (χ2n) is 22.4. The van der Waals surface area contributed by atoms with Crippen molar-refractivity contribution in [3.05, 3.63) is 137 Å². The molecular formula is C56H63NS. The van der Waals surface area contributed by atoms with E-state index in [1.807, 2.05) is 11.8 Å². The third-order valence-electron chi connectivity index (χ3n) is 17.1. The lowest BCUT2D eigenvalue weighted by atomic mass is 9.42. The highest BCUT2D eigenvalue weighted by molar-refractivity contribution is 7.99. The zero-order valence-corrected chi connectivity index (χ0v) is 37.2. The molecule has 5 aromatic carbocycles. The van der Waals surface area contributed by atoms with Gasteiger partial charge in [0.1, 0.15) is 0 Å². The molecule has 6 aliphatic carbocycles. The fourth-order valence-corrected chi connectivity index (χ4v) is 15.0. The number of hydrogen-bond donors (Lipinski definition) is 0. The summed E-state index contributed by atoms with van der Waals surface area (Å²) < 4.78 is 0. The molecule has 0 amide bonds. The standard InChI is InChI=1S/C56H63NS/c1-52(2)23-25-54(5,6)47-32-38(15-20-44(47)52)37-13-16-41(17-14-37)57(42-18-21-45-48(33-42)55(7,8)26-24-53(45,3)4)43-19-22-51-49(34-43)56(46-11-9-10-12-50(46)58-51)39-28-35-27-36(30-39)31-40(56)29-35/h9-22,32-36,39-40H,23-31H2,1-8H3. The van der Waals surface area contributed by atoms with Crippen molar-refractivity contribution in [1.82, 2.24) is 0 Å². The van der Waals surface area contributed by atoms with Crippen molar-refractivity contribution >= 4 is 28.8 Å². The Morgan fingerprint density at radius 2 is 0.879 bits per heavy atom. The first kappa shape index (κ1) is 37.3. The van der Waals surface area contributed by atoms with Gasteiger partial charge in [0.2, 0.25) is 0 Å². The topological polar surface area (TPSA) is 3.24 Å². The van der Waals surface area contributed by atoms with Crippen LogP contribution in [0.5, 0.6) is 0 Å². The number of fused-ring (bicyclic) bond motifs is 4. The lowest BCUT2D eigenvalue weighted by molar-refractivity contribution is -0.0443. The van der Waals surface area contributed by atoms with Crippen LogP contribution in [0.2, 0.25) is 0 Å². The van der Waals surface area contributed by atoms with E-state index in [1.165, 1.54) is 118 Å². The SMILES string of the molecule is CC1(C)CCC(C)(C)c2cc(-c3ccc(N(c4ccc5c(c4)C(C)(C)CCC5(C)C)c4ccc5c(c4)C4(c6ccccc6S5)C5CC6CC(C5)CC4C6)cc3)ccc21. The Hall–Kier alpha value is -3.75. The van der Waals surface area contributed by atoms with E-state index < -0.39 is 0 Å². The number of nitrogens with zero attached hydrogens (tertiary/aromatic N) is 1. The van der Waals surface area contributed by atoms with Crippen molar-refractivity contribution in [1.29, 1.82) is 0 Å². The Labute approximate surface area is 353 Å². The van der Waals surface area contributed by atoms with Gasteiger partial charge in [0.15, 0.2) is 0 Å². The fraction of sp³-hybridized carbons (Fsp3) is 0.464. The van der Waals surface area contributed by atoms with Gasteiger partial charge in [0.05, 0.1) is 0 Å². The lowest BCUT2D eigenvalue weighted by Crippen LogP contribution is -2.57. The maximum atomic E-state index is 2.68. The molecule has 0 unspecified atom stereocenters. The van der Waals surface area contributed by atoms with E-state index in [2.05, 4.69) is 163 Å². The number of hydrogen-bond acceptors (Lipinski definition) is 2. The number of anilines is 3. The van der Waals surface area contributed by atoms with Gasteiger partial charge in [-0.25, -0.2) is 0 Å². The van der Waals surface area contributed by atoms with Crippen LogP contribution in [0.3, 0.4) is 0 Å². The van der Waals surface area contributed by atoms with E-state index in [0.717, 1.165) is 23.7 Å². The molecule has 1 spiro atoms. The molecule has 1 aliphatic heterocycles. The molecule has 0 saturated heterocycles. The van der Waals surface area contributed by atoms with E-state index in [4.69, 9.17) is 0 Å². The maximum Gasteiger partial charge on any atom is 0.0465 e. The van der Waals surface area contributed by atoms with Crippen molar-refractivity contribution in [2.75, 3.05) is 4.90 Å². The maximum absolute atomic E-state index is 2.68. The third-order valence-corrected chi connectivity index (χ3v) is 18.2. The molecule has 4 bridgehead atoms. The second-order valence-corrected chi connectivity index (χ2v) is 23.4. The summed E-state index contributed by atoms with van der Waals surface area (Å²) in [5, 5.41) is 0. The van der Waals surface area contributed by atoms with Gasteiger partial charge in [-0.3, -0.25) is 0 Å². The Morgan fingerprint density at radius 3 is 1.50 bits per heavy atom. The zero-order valence-electron chi connectivity index (χ0n) is 36.3. The van der Waals surface area contributed by atoms with Crippen LogP contribution in [0.15, 0.2) is 113 Å². The van der Waals surface area contributed by atoms with E-state index >= 15 is 0 Å². The van der Waals surface area contributed by atoms with Crippen LogP contribution in [0.25, 0.3) is 11.1 Å². The fourth-order valence-electron chi connectivity index (χ4n) is 13.8. The lowest BCUT2D eigenvalue weighted by Gasteiger charge is -2.63. The summed E-state index contributed by atoms with van der Waals surface area (Å²) in [6, 6.07) is 41.6. The van der Waals surface area contributed by atoms with Crippen LogP contribution in [0.4, 0.5) is 17.1 Å². The first-order valence-corrected chi connectivity index (χ1v) is 23.6. The first-order chi connectivity index (χ1) is 27.6. The molecule has 5 aromatic rings. The minimum atomic E-state index is 0.104. The molecule has 0 N–H and O–H groups in total. The number of benzene rings is 5. The normalized spacial score (nSPS) is 28.6. The smallest absolute Gasteiger partial charge is 0.0465 e. The summed E-state index contributed by atoms with van der Waals surface area (Å²) in [7, 11) is 0. The molecule has 1 nitrogen and oxygen atoms in total. The van der Waals surface area contributed by atoms with Crippen molar-refractivity contribution in [3.63, 3.8) is 0 Å². The summed E-state index contributed by atoms with van der Waals surface area (Å²) in [6.45, 7) is 19.6. The summed E-state index contributed by atoms with van der Waals surface area (Å²) >= 11 is 2.02. The average Bonchev–Trinajstić information content (AvgIpc) is 3.20. The van der Waals surface area contributed by atoms with Crippen molar-refractivity contribution in [3.8, 4) is 11.1 Å². The van der Waals surface area contributed by atoms with E-state index in [0.29, 0.717) is 0 Å². The average molecular weight is 782 g/mol. The summed E-state index contributed by atoms with van der Waals surface area (Å²) in [5.41, 5.74) is 16.6. The third kappa shape index (κ3) is 5.48. The highest BCUT2D eigenvalue weighted by atomic mass is 32.2. The van der Waals surface area contributed by atoms with Gasteiger partial charge < -0.3 is 4.90 Å². The van der Waals surface area contributed by atoms with Gasteiger partial charge >= 0.3 is 0 Å². The molecule has 1 heterocycles. The van der Waals surface area contributed by atoms with Crippen molar-refractivity contribution in [2.24, 2.45) is 23.7 Å². The van der Waals surface area contributed by atoms with Crippen molar-refractivity contribution in [2.45, 2.75) is 150 Å². The molecule has 4 fully saturated rings. The highest BCUT2D eigenvalue weighted by Gasteiger charge is 2.60. The van der Waals surface area contributed by atoms with Gasteiger partial charge in [-0.2, -0.15) is 0 Å². The monoisotopic (exact) mass is 781 g/mol. The van der Waals surface area contributed by atoms with E-state index in [9.17, 15) is 0 Å². The molecule has 2 heteroatoms. The summed E-state index contributed by atoms with van der Waals surface area (Å²) in [5.74, 6) is 3.30. The predicted molar refractivity (Wildman–Crippen MR) is 246 cm³/mol. The molecule has 0 atom stereocenters. The molecule has 298 valence electrons. The first-order valence-electron chi connectivity index (χ1n) is 22.8. The largest absolute Gasteiger partial charge is 0.310 e. The Kier molecular flexibility index (Phi) is 8.12. The molecule has 7 aliphatic rings. The summed E-state index contributed by atoms with van der Waals surface area (Å²) in [4.78, 5) is 5.59. The molecule has 0 radical (unpaired) electrons. The quantitative estimate of drug-likeness (QED) is 0.179. The van der Waals surface area contributed by atoms with Crippen LogP contribution in [0, 0.1) is 23.7 Å². The molecule has 58 heavy (non-hydrogen) atoms. The van der Waals surface area contributed by atoms with Gasteiger partial charge in [-0.05, 0) is 196 Å². The van der Waals surface area contributed by atoms with Gasteiger partial charge in [0, 0.05) is 32.3 Å². The molecule has 0 aromatic heterocycles. The van der Waals surface area contributed by atoms with E-state index in [1.54, 1.807) is 11.1 Å². The minimum absolute atomic E-state index is 0.104. The summed E-state index contributed by atoms with van der Waals surface area (Å²) in [6.07, 6.45) is 12.0. The predicted octanol–water partition coefficient (Wildman–Crippen LogP) is 15.7. The van der Waals surface area contributed by atoms with Crippen LogP contribution in [-0.2, 0) is 27.1 Å². The van der Waals surface area contributed by atoms with Gasteiger partial charge in [-0.1, -0.05) is 122 Å². The van der Waals surface area contributed by atoms with Crippen LogP contribution >= 0.6 is 11.8 Å². The van der Waals surface area contributed by atoms with E-state index in [-0.39, 0.29) is 27.1 Å². The van der Waals surface area contributed by atoms with Crippen molar-refractivity contribution < 1.29 is 0 Å². The van der Waals surface area contributed by atoms with Gasteiger partial charge in [0.25, 0.3) is 0 Å². The molecular weight excluding hydrogens is 719 g/mol. The molecule has 4 saturated carbocycles.